The highest BCUT2D eigenvalue weighted by atomic mass is 35.5. The summed E-state index contributed by atoms with van der Waals surface area (Å²) in [4.78, 5) is 11.9. The average molecular weight is 349 g/mol. The first-order valence-electron chi connectivity index (χ1n) is 6.54. The minimum atomic E-state index is -0.469. The molecule has 0 aliphatic rings. The lowest BCUT2D eigenvalue weighted by Crippen LogP contribution is -2.19. The number of urea groups is 1. The van der Waals surface area contributed by atoms with Crippen LogP contribution in [0.2, 0.25) is 5.02 Å². The molecule has 2 aromatic carbocycles. The minimum absolute atomic E-state index is 0.273. The van der Waals surface area contributed by atoms with E-state index in [0.717, 1.165) is 11.3 Å². The maximum absolute atomic E-state index is 13.7. The molecule has 0 aliphatic carbocycles. The fourth-order valence-corrected chi connectivity index (χ4v) is 2.70. The summed E-state index contributed by atoms with van der Waals surface area (Å²) in [6.45, 7) is 0. The number of aromatic nitrogens is 2. The highest BCUT2D eigenvalue weighted by Gasteiger charge is 2.12. The van der Waals surface area contributed by atoms with E-state index in [4.69, 9.17) is 11.6 Å². The first-order valence-corrected chi connectivity index (χ1v) is 7.73. The van der Waals surface area contributed by atoms with Crippen LogP contribution in [0.4, 0.5) is 20.0 Å². The maximum Gasteiger partial charge on any atom is 0.325 e. The number of benzene rings is 2. The molecule has 0 atom stereocenters. The molecule has 0 fully saturated rings. The molecule has 0 spiro atoms. The average Bonchev–Trinajstić information content (AvgIpc) is 2.98. The lowest BCUT2D eigenvalue weighted by atomic mass is 10.2. The molecule has 2 amide bonds. The van der Waals surface area contributed by atoms with E-state index in [1.54, 1.807) is 42.5 Å². The van der Waals surface area contributed by atoms with Crippen molar-refractivity contribution >= 4 is 39.8 Å². The Morgan fingerprint density at radius 1 is 1.04 bits per heavy atom. The zero-order valence-electron chi connectivity index (χ0n) is 11.6. The van der Waals surface area contributed by atoms with Gasteiger partial charge in [-0.3, -0.25) is 5.32 Å². The van der Waals surface area contributed by atoms with E-state index in [9.17, 15) is 9.18 Å². The van der Waals surface area contributed by atoms with E-state index in [0.29, 0.717) is 21.3 Å². The summed E-state index contributed by atoms with van der Waals surface area (Å²) < 4.78 is 13.7. The number of carbonyl (C=O) groups is 1. The quantitative estimate of drug-likeness (QED) is 0.724. The van der Waals surface area contributed by atoms with Crippen molar-refractivity contribution in [2.24, 2.45) is 0 Å². The zero-order valence-corrected chi connectivity index (χ0v) is 13.2. The number of halogens is 2. The number of hydrogen-bond donors (Lipinski definition) is 2. The Morgan fingerprint density at radius 2 is 1.78 bits per heavy atom. The molecule has 3 rings (SSSR count). The topological polar surface area (TPSA) is 66.9 Å². The van der Waals surface area contributed by atoms with Crippen molar-refractivity contribution in [1.82, 2.24) is 10.2 Å². The number of amides is 2. The third-order valence-corrected chi connectivity index (χ3v) is 3.98. The van der Waals surface area contributed by atoms with Crippen LogP contribution in [0.3, 0.4) is 0 Å². The van der Waals surface area contributed by atoms with Gasteiger partial charge in [-0.2, -0.15) is 0 Å². The first-order chi connectivity index (χ1) is 11.1. The Balaban J connectivity index is 1.68. The lowest BCUT2D eigenvalue weighted by molar-refractivity contribution is 0.262. The Bertz CT molecular complexity index is 838. The SMILES string of the molecule is O=C(Nc1ccc(Cl)cc1)Nc1nnc(-c2ccccc2F)s1. The molecule has 0 aliphatic heterocycles. The van der Waals surface area contributed by atoms with Crippen molar-refractivity contribution in [1.29, 1.82) is 0 Å². The fraction of sp³-hybridized carbons (Fsp3) is 0. The summed E-state index contributed by atoms with van der Waals surface area (Å²) in [7, 11) is 0. The molecule has 0 bridgehead atoms. The van der Waals surface area contributed by atoms with Crippen molar-refractivity contribution in [3.63, 3.8) is 0 Å². The molecular weight excluding hydrogens is 339 g/mol. The van der Waals surface area contributed by atoms with Crippen molar-refractivity contribution in [3.8, 4) is 10.6 Å². The van der Waals surface area contributed by atoms with Gasteiger partial charge in [0.1, 0.15) is 5.82 Å². The number of carbonyl (C=O) groups excluding carboxylic acids is 1. The van der Waals surface area contributed by atoms with Crippen LogP contribution in [0, 0.1) is 5.82 Å². The van der Waals surface area contributed by atoms with Gasteiger partial charge >= 0.3 is 6.03 Å². The van der Waals surface area contributed by atoms with Crippen LogP contribution >= 0.6 is 22.9 Å². The highest BCUT2D eigenvalue weighted by Crippen LogP contribution is 2.28. The summed E-state index contributed by atoms with van der Waals surface area (Å²) >= 11 is 6.86. The number of anilines is 2. The predicted octanol–water partition coefficient (Wildman–Crippen LogP) is 4.64. The van der Waals surface area contributed by atoms with Crippen LogP contribution < -0.4 is 10.6 Å². The summed E-state index contributed by atoms with van der Waals surface area (Å²) in [6, 6.07) is 12.5. The van der Waals surface area contributed by atoms with Crippen LogP contribution in [0.1, 0.15) is 0 Å². The predicted molar refractivity (Wildman–Crippen MR) is 89.4 cm³/mol. The van der Waals surface area contributed by atoms with E-state index in [1.165, 1.54) is 6.07 Å². The summed E-state index contributed by atoms with van der Waals surface area (Å²) in [6.07, 6.45) is 0. The van der Waals surface area contributed by atoms with Gasteiger partial charge in [-0.15, -0.1) is 10.2 Å². The van der Waals surface area contributed by atoms with Crippen LogP contribution in [0.15, 0.2) is 48.5 Å². The highest BCUT2D eigenvalue weighted by molar-refractivity contribution is 7.18. The van der Waals surface area contributed by atoms with Crippen molar-refractivity contribution in [2.45, 2.75) is 0 Å². The monoisotopic (exact) mass is 348 g/mol. The second kappa shape index (κ2) is 6.72. The number of rotatable bonds is 3. The Kier molecular flexibility index (Phi) is 4.50. The number of hydrogen-bond acceptors (Lipinski definition) is 4. The minimum Gasteiger partial charge on any atom is -0.308 e. The second-order valence-electron chi connectivity index (χ2n) is 4.48. The fourth-order valence-electron chi connectivity index (χ4n) is 1.81. The Morgan fingerprint density at radius 3 is 2.52 bits per heavy atom. The molecule has 0 saturated carbocycles. The van der Waals surface area contributed by atoms with Crippen molar-refractivity contribution in [3.05, 3.63) is 59.4 Å². The van der Waals surface area contributed by atoms with Gasteiger partial charge < -0.3 is 5.32 Å². The third-order valence-electron chi connectivity index (χ3n) is 2.85. The van der Waals surface area contributed by atoms with Gasteiger partial charge in [0, 0.05) is 16.3 Å². The number of nitrogens with one attached hydrogen (secondary N) is 2. The van der Waals surface area contributed by atoms with Crippen molar-refractivity contribution < 1.29 is 9.18 Å². The molecule has 0 unspecified atom stereocenters. The van der Waals surface area contributed by atoms with Crippen LogP contribution in [0.25, 0.3) is 10.6 Å². The van der Waals surface area contributed by atoms with Gasteiger partial charge in [-0.1, -0.05) is 35.1 Å². The molecule has 0 saturated heterocycles. The molecule has 8 heteroatoms. The van der Waals surface area contributed by atoms with E-state index in [2.05, 4.69) is 20.8 Å². The van der Waals surface area contributed by atoms with E-state index >= 15 is 0 Å². The van der Waals surface area contributed by atoms with Gasteiger partial charge in [-0.05, 0) is 36.4 Å². The lowest BCUT2D eigenvalue weighted by Gasteiger charge is -2.04. The molecule has 2 N–H and O–H groups in total. The zero-order chi connectivity index (χ0) is 16.2. The van der Waals surface area contributed by atoms with Crippen LogP contribution in [-0.4, -0.2) is 16.2 Å². The van der Waals surface area contributed by atoms with Gasteiger partial charge in [0.05, 0.1) is 0 Å². The number of nitrogens with zero attached hydrogens (tertiary/aromatic N) is 2. The molecule has 116 valence electrons. The van der Waals surface area contributed by atoms with Gasteiger partial charge in [0.25, 0.3) is 0 Å². The van der Waals surface area contributed by atoms with Crippen molar-refractivity contribution in [2.75, 3.05) is 10.6 Å². The normalized spacial score (nSPS) is 10.3. The first kappa shape index (κ1) is 15.4. The molecule has 1 heterocycles. The summed E-state index contributed by atoms with van der Waals surface area (Å²) in [5, 5.41) is 14.2. The van der Waals surface area contributed by atoms with Crippen LogP contribution in [-0.2, 0) is 0 Å². The Hall–Kier alpha value is -2.51. The smallest absolute Gasteiger partial charge is 0.308 e. The van der Waals surface area contributed by atoms with Gasteiger partial charge in [-0.25, -0.2) is 9.18 Å². The maximum atomic E-state index is 13.7. The van der Waals surface area contributed by atoms with E-state index in [-0.39, 0.29) is 10.9 Å². The molecule has 23 heavy (non-hydrogen) atoms. The molecule has 3 aromatic rings. The summed E-state index contributed by atoms with van der Waals surface area (Å²) in [5.41, 5.74) is 0.932. The second-order valence-corrected chi connectivity index (χ2v) is 5.89. The molecule has 5 nitrogen and oxygen atoms in total. The largest absolute Gasteiger partial charge is 0.325 e. The van der Waals surface area contributed by atoms with E-state index < -0.39 is 6.03 Å². The van der Waals surface area contributed by atoms with E-state index in [1.807, 2.05) is 0 Å². The third kappa shape index (κ3) is 3.82. The summed E-state index contributed by atoms with van der Waals surface area (Å²) in [5.74, 6) is -0.388. The standard InChI is InChI=1S/C15H10ClFN4OS/c16-9-5-7-10(8-6-9)18-14(22)19-15-21-20-13(23-15)11-3-1-2-4-12(11)17/h1-8H,(H2,18,19,21,22). The Labute approximate surface area is 140 Å². The molecular formula is C15H10ClFN4OS. The molecule has 0 radical (unpaired) electrons. The van der Waals surface area contributed by atoms with Gasteiger partial charge in [0.2, 0.25) is 5.13 Å². The van der Waals surface area contributed by atoms with Crippen LogP contribution in [0.5, 0.6) is 0 Å². The van der Waals surface area contributed by atoms with Gasteiger partial charge in [0.15, 0.2) is 5.01 Å². The molecule has 1 aromatic heterocycles.